The number of nitrogens with one attached hydrogen (secondary N) is 1. The van der Waals surface area contributed by atoms with Gasteiger partial charge in [0.05, 0.1) is 25.4 Å². The molecule has 0 aliphatic carbocycles. The molecule has 410 valence electrons. The van der Waals surface area contributed by atoms with Crippen LogP contribution in [0.25, 0.3) is 0 Å². The SMILES string of the molecule is CCCCCCCC/C=C\CCCCCCCCCC(=O)OCCCCCCCCCCCCCCCCCCCCCCCCCCC(=O)NC(CO)C(O)CCCCCCCCCCCCC. The summed E-state index contributed by atoms with van der Waals surface area (Å²) in [4.78, 5) is 24.5. The van der Waals surface area contributed by atoms with Crippen molar-refractivity contribution in [2.45, 2.75) is 366 Å². The topological polar surface area (TPSA) is 95.9 Å². The van der Waals surface area contributed by atoms with Gasteiger partial charge >= 0.3 is 5.97 Å². The summed E-state index contributed by atoms with van der Waals surface area (Å²) < 4.78 is 5.50. The Balaban J connectivity index is 3.33. The molecular weight excluding hydrogens is 851 g/mol. The zero-order valence-corrected chi connectivity index (χ0v) is 46.8. The Kier molecular flexibility index (Phi) is 58.0. The molecule has 69 heavy (non-hydrogen) atoms. The molecular formula is C63H123NO5. The fraction of sp³-hybridized carbons (Fsp3) is 0.937. The fourth-order valence-corrected chi connectivity index (χ4v) is 9.99. The quantitative estimate of drug-likeness (QED) is 0.0321. The molecule has 0 heterocycles. The van der Waals surface area contributed by atoms with Gasteiger partial charge < -0.3 is 20.3 Å². The average Bonchev–Trinajstić information content (AvgIpc) is 3.35. The molecule has 0 aromatic heterocycles. The number of amides is 1. The van der Waals surface area contributed by atoms with Crippen LogP contribution in [0.1, 0.15) is 354 Å². The highest BCUT2D eigenvalue weighted by Gasteiger charge is 2.20. The summed E-state index contributed by atoms with van der Waals surface area (Å²) in [6, 6.07) is -0.538. The highest BCUT2D eigenvalue weighted by atomic mass is 16.5. The summed E-state index contributed by atoms with van der Waals surface area (Å²) in [6.07, 6.45) is 70.9. The molecule has 3 N–H and O–H groups in total. The van der Waals surface area contributed by atoms with Crippen LogP contribution in [0.15, 0.2) is 12.2 Å². The van der Waals surface area contributed by atoms with E-state index in [4.69, 9.17) is 4.74 Å². The van der Waals surface area contributed by atoms with Crippen molar-refractivity contribution in [3.63, 3.8) is 0 Å². The number of aliphatic hydroxyl groups is 2. The minimum atomic E-state index is -0.661. The van der Waals surface area contributed by atoms with E-state index in [9.17, 15) is 19.8 Å². The fourth-order valence-electron chi connectivity index (χ4n) is 9.99. The maximum absolute atomic E-state index is 12.4. The third-order valence-corrected chi connectivity index (χ3v) is 14.8. The molecule has 0 rings (SSSR count). The summed E-state index contributed by atoms with van der Waals surface area (Å²) >= 11 is 0. The smallest absolute Gasteiger partial charge is 0.305 e. The van der Waals surface area contributed by atoms with Gasteiger partial charge in [-0.05, 0) is 51.4 Å². The minimum absolute atomic E-state index is 0.0127. The Morgan fingerprint density at radius 1 is 0.391 bits per heavy atom. The van der Waals surface area contributed by atoms with Gasteiger partial charge in [0.15, 0.2) is 0 Å². The second-order valence-electron chi connectivity index (χ2n) is 21.7. The summed E-state index contributed by atoms with van der Waals surface area (Å²) in [6.45, 7) is 4.96. The van der Waals surface area contributed by atoms with E-state index in [1.54, 1.807) is 0 Å². The number of rotatable bonds is 59. The van der Waals surface area contributed by atoms with Crippen LogP contribution in [0.2, 0.25) is 0 Å². The van der Waals surface area contributed by atoms with Crippen LogP contribution in [0, 0.1) is 0 Å². The molecule has 2 unspecified atom stereocenters. The number of ether oxygens (including phenoxy) is 1. The first-order valence-electron chi connectivity index (χ1n) is 31.4. The Morgan fingerprint density at radius 3 is 1.03 bits per heavy atom. The molecule has 0 radical (unpaired) electrons. The number of carbonyl (C=O) groups excluding carboxylic acids is 2. The van der Waals surface area contributed by atoms with E-state index in [0.717, 1.165) is 44.9 Å². The molecule has 6 heteroatoms. The molecule has 0 spiro atoms. The number of hydrogen-bond donors (Lipinski definition) is 3. The maximum Gasteiger partial charge on any atom is 0.305 e. The molecule has 0 bridgehead atoms. The summed E-state index contributed by atoms with van der Waals surface area (Å²) in [7, 11) is 0. The van der Waals surface area contributed by atoms with Crippen LogP contribution in [0.5, 0.6) is 0 Å². The van der Waals surface area contributed by atoms with Crippen molar-refractivity contribution >= 4 is 11.9 Å². The van der Waals surface area contributed by atoms with E-state index in [-0.39, 0.29) is 18.5 Å². The van der Waals surface area contributed by atoms with E-state index in [0.29, 0.717) is 25.9 Å². The summed E-state index contributed by atoms with van der Waals surface area (Å²) in [5.41, 5.74) is 0. The standard InChI is InChI=1S/C63H123NO5/c1-3-5-7-9-11-13-15-16-17-26-30-33-37-41-45-49-53-57-63(68)69-58-54-50-46-42-38-34-31-28-25-23-21-19-18-20-22-24-27-29-32-36-40-44-48-52-56-62(67)64-60(59-65)61(66)55-51-47-43-39-35-14-12-10-8-6-4-2/h16-17,60-61,65-66H,3-15,18-59H2,1-2H3,(H,64,67)/b17-16-. The molecule has 1 amide bonds. The van der Waals surface area contributed by atoms with Crippen LogP contribution < -0.4 is 5.32 Å². The Hall–Kier alpha value is -1.40. The van der Waals surface area contributed by atoms with Crippen LogP contribution in [-0.4, -0.2) is 47.4 Å². The van der Waals surface area contributed by atoms with Crippen molar-refractivity contribution in [1.29, 1.82) is 0 Å². The van der Waals surface area contributed by atoms with E-state index in [1.807, 2.05) is 0 Å². The zero-order valence-electron chi connectivity index (χ0n) is 46.8. The minimum Gasteiger partial charge on any atom is -0.466 e. The monoisotopic (exact) mass is 974 g/mol. The molecule has 6 nitrogen and oxygen atoms in total. The van der Waals surface area contributed by atoms with Crippen LogP contribution in [-0.2, 0) is 14.3 Å². The van der Waals surface area contributed by atoms with Crippen molar-refractivity contribution in [1.82, 2.24) is 5.32 Å². The number of unbranched alkanes of at least 4 members (excludes halogenated alkanes) is 46. The van der Waals surface area contributed by atoms with Gasteiger partial charge in [0.1, 0.15) is 0 Å². The largest absolute Gasteiger partial charge is 0.466 e. The lowest BCUT2D eigenvalue weighted by Crippen LogP contribution is -2.45. The normalized spacial score (nSPS) is 12.6. The third kappa shape index (κ3) is 55.8. The van der Waals surface area contributed by atoms with Crippen molar-refractivity contribution in [2.24, 2.45) is 0 Å². The molecule has 0 aromatic rings. The first-order chi connectivity index (χ1) is 34.0. The van der Waals surface area contributed by atoms with Crippen LogP contribution in [0.3, 0.4) is 0 Å². The Morgan fingerprint density at radius 2 is 0.681 bits per heavy atom. The lowest BCUT2D eigenvalue weighted by molar-refractivity contribution is -0.143. The van der Waals surface area contributed by atoms with Crippen molar-refractivity contribution in [2.75, 3.05) is 13.2 Å². The first kappa shape index (κ1) is 67.6. The molecule has 0 aliphatic rings. The number of aliphatic hydroxyl groups excluding tert-OH is 2. The van der Waals surface area contributed by atoms with Crippen molar-refractivity contribution < 1.29 is 24.5 Å². The molecule has 2 atom stereocenters. The molecule has 0 saturated heterocycles. The number of esters is 1. The van der Waals surface area contributed by atoms with Gasteiger partial charge in [-0.1, -0.05) is 302 Å². The first-order valence-corrected chi connectivity index (χ1v) is 31.4. The predicted molar refractivity (Wildman–Crippen MR) is 301 cm³/mol. The van der Waals surface area contributed by atoms with E-state index in [2.05, 4.69) is 31.3 Å². The average molecular weight is 975 g/mol. The third-order valence-electron chi connectivity index (χ3n) is 14.8. The number of hydrogen-bond acceptors (Lipinski definition) is 5. The number of carbonyl (C=O) groups is 2. The highest BCUT2D eigenvalue weighted by molar-refractivity contribution is 5.76. The molecule has 0 fully saturated rings. The second kappa shape index (κ2) is 59.2. The molecule has 0 saturated carbocycles. The summed E-state index contributed by atoms with van der Waals surface area (Å²) in [5.74, 6) is -0.0205. The zero-order chi connectivity index (χ0) is 50.0. The maximum atomic E-state index is 12.4. The molecule has 0 aromatic carbocycles. The highest BCUT2D eigenvalue weighted by Crippen LogP contribution is 2.18. The van der Waals surface area contributed by atoms with Gasteiger partial charge in [-0.2, -0.15) is 0 Å². The van der Waals surface area contributed by atoms with Gasteiger partial charge in [0, 0.05) is 12.8 Å². The van der Waals surface area contributed by atoms with Crippen molar-refractivity contribution in [3.8, 4) is 0 Å². The van der Waals surface area contributed by atoms with Gasteiger partial charge in [0.2, 0.25) is 5.91 Å². The van der Waals surface area contributed by atoms with Gasteiger partial charge in [-0.25, -0.2) is 0 Å². The Bertz CT molecular complexity index is 1030. The van der Waals surface area contributed by atoms with E-state index in [1.165, 1.54) is 276 Å². The van der Waals surface area contributed by atoms with Gasteiger partial charge in [-0.3, -0.25) is 9.59 Å². The Labute approximate surface area is 431 Å². The second-order valence-corrected chi connectivity index (χ2v) is 21.7. The molecule has 0 aliphatic heterocycles. The van der Waals surface area contributed by atoms with Crippen LogP contribution in [0.4, 0.5) is 0 Å². The lowest BCUT2D eigenvalue weighted by Gasteiger charge is -2.22. The number of allylic oxidation sites excluding steroid dienone is 2. The summed E-state index contributed by atoms with van der Waals surface area (Å²) in [5, 5.41) is 23.2. The van der Waals surface area contributed by atoms with Gasteiger partial charge in [-0.15, -0.1) is 0 Å². The lowest BCUT2D eigenvalue weighted by atomic mass is 10.0. The van der Waals surface area contributed by atoms with Crippen molar-refractivity contribution in [3.05, 3.63) is 12.2 Å². The van der Waals surface area contributed by atoms with E-state index >= 15 is 0 Å². The predicted octanol–water partition coefficient (Wildman–Crippen LogP) is 19.6. The van der Waals surface area contributed by atoms with Gasteiger partial charge in [0.25, 0.3) is 0 Å². The van der Waals surface area contributed by atoms with Crippen LogP contribution >= 0.6 is 0 Å². The van der Waals surface area contributed by atoms with E-state index < -0.39 is 12.1 Å².